The summed E-state index contributed by atoms with van der Waals surface area (Å²) in [5, 5.41) is 8.33. The summed E-state index contributed by atoms with van der Waals surface area (Å²) in [5.41, 5.74) is 2.38. The van der Waals surface area contributed by atoms with E-state index < -0.39 is 5.92 Å². The standard InChI is InChI=1S/C15H19N3O3/c1-8-11(14(19)16-3)13(10-6-5-7-21-10)12(9(2)18-8)15(20)17-4/h5-7,13,18H,1-4H3,(H,16,19)(H,17,20). The summed E-state index contributed by atoms with van der Waals surface area (Å²) in [6.45, 7) is 3.62. The number of amides is 2. The van der Waals surface area contributed by atoms with Crippen LogP contribution in [0.3, 0.4) is 0 Å². The van der Waals surface area contributed by atoms with Gasteiger partial charge in [-0.3, -0.25) is 9.59 Å². The predicted molar refractivity (Wildman–Crippen MR) is 78.1 cm³/mol. The van der Waals surface area contributed by atoms with Gasteiger partial charge in [0.15, 0.2) is 0 Å². The number of hydrogen-bond donors (Lipinski definition) is 3. The lowest BCUT2D eigenvalue weighted by Gasteiger charge is -2.29. The molecule has 0 fully saturated rings. The molecule has 0 radical (unpaired) electrons. The molecule has 1 aromatic rings. The molecule has 0 bridgehead atoms. The zero-order valence-electron chi connectivity index (χ0n) is 12.5. The van der Waals surface area contributed by atoms with Crippen molar-refractivity contribution in [2.24, 2.45) is 0 Å². The summed E-state index contributed by atoms with van der Waals surface area (Å²) in [4.78, 5) is 24.5. The summed E-state index contributed by atoms with van der Waals surface area (Å²) in [6.07, 6.45) is 1.53. The molecular formula is C15H19N3O3. The first-order valence-electron chi connectivity index (χ1n) is 6.67. The van der Waals surface area contributed by atoms with Gasteiger partial charge in [-0.1, -0.05) is 0 Å². The smallest absolute Gasteiger partial charge is 0.249 e. The second-order valence-electron chi connectivity index (χ2n) is 4.81. The van der Waals surface area contributed by atoms with E-state index in [2.05, 4.69) is 16.0 Å². The normalized spacial score (nSPS) is 15.8. The first-order valence-corrected chi connectivity index (χ1v) is 6.67. The van der Waals surface area contributed by atoms with Crippen molar-refractivity contribution in [3.8, 4) is 0 Å². The number of furan rings is 1. The minimum absolute atomic E-state index is 0.240. The van der Waals surface area contributed by atoms with Crippen LogP contribution < -0.4 is 16.0 Å². The molecule has 3 N–H and O–H groups in total. The lowest BCUT2D eigenvalue weighted by molar-refractivity contribution is -0.117. The minimum atomic E-state index is -0.527. The van der Waals surface area contributed by atoms with Gasteiger partial charge in [-0.25, -0.2) is 0 Å². The highest BCUT2D eigenvalue weighted by atomic mass is 16.3. The molecule has 112 valence electrons. The molecule has 0 aliphatic carbocycles. The van der Waals surface area contributed by atoms with E-state index in [0.717, 1.165) is 0 Å². The highest BCUT2D eigenvalue weighted by molar-refractivity contribution is 6.03. The van der Waals surface area contributed by atoms with Crippen LogP contribution in [-0.2, 0) is 9.59 Å². The van der Waals surface area contributed by atoms with Crippen LogP contribution in [0.4, 0.5) is 0 Å². The summed E-state index contributed by atoms with van der Waals surface area (Å²) in [5.74, 6) is -0.445. The molecule has 2 rings (SSSR count). The fraction of sp³-hybridized carbons (Fsp3) is 0.333. The number of carbonyl (C=O) groups excluding carboxylic acids is 2. The lowest BCUT2D eigenvalue weighted by atomic mass is 9.82. The van der Waals surface area contributed by atoms with Crippen LogP contribution >= 0.6 is 0 Å². The molecule has 1 aromatic heterocycles. The van der Waals surface area contributed by atoms with Crippen LogP contribution in [0.25, 0.3) is 0 Å². The SMILES string of the molecule is CNC(=O)C1=C(C)NC(C)=C(C(=O)NC)C1c1ccco1. The van der Waals surface area contributed by atoms with Gasteiger partial charge in [0.1, 0.15) is 5.76 Å². The fourth-order valence-corrected chi connectivity index (χ4v) is 2.61. The molecule has 2 amide bonds. The minimum Gasteiger partial charge on any atom is -0.468 e. The van der Waals surface area contributed by atoms with Gasteiger partial charge in [-0.15, -0.1) is 0 Å². The van der Waals surface area contributed by atoms with E-state index in [4.69, 9.17) is 4.42 Å². The van der Waals surface area contributed by atoms with Gasteiger partial charge in [-0.05, 0) is 26.0 Å². The van der Waals surface area contributed by atoms with Crippen LogP contribution in [0.15, 0.2) is 45.4 Å². The Kier molecular flexibility index (Phi) is 4.16. The number of hydrogen-bond acceptors (Lipinski definition) is 4. The molecule has 0 atom stereocenters. The average Bonchev–Trinajstić information content (AvgIpc) is 2.99. The molecular weight excluding hydrogens is 270 g/mol. The van der Waals surface area contributed by atoms with Crippen molar-refractivity contribution in [3.05, 3.63) is 46.7 Å². The van der Waals surface area contributed by atoms with Crippen molar-refractivity contribution in [1.82, 2.24) is 16.0 Å². The van der Waals surface area contributed by atoms with Gasteiger partial charge in [0.05, 0.1) is 23.3 Å². The summed E-state index contributed by atoms with van der Waals surface area (Å²) < 4.78 is 5.46. The van der Waals surface area contributed by atoms with Crippen LogP contribution in [0.5, 0.6) is 0 Å². The number of likely N-dealkylation sites (N-methyl/N-ethyl adjacent to an activating group) is 2. The van der Waals surface area contributed by atoms with Gasteiger partial charge in [0, 0.05) is 25.5 Å². The molecule has 1 aliphatic rings. The molecule has 6 nitrogen and oxygen atoms in total. The van der Waals surface area contributed by atoms with E-state index in [9.17, 15) is 9.59 Å². The van der Waals surface area contributed by atoms with E-state index >= 15 is 0 Å². The first-order chi connectivity index (χ1) is 10.0. The zero-order chi connectivity index (χ0) is 15.6. The Bertz CT molecular complexity index is 589. The molecule has 0 saturated carbocycles. The van der Waals surface area contributed by atoms with Gasteiger partial charge >= 0.3 is 0 Å². The van der Waals surface area contributed by atoms with Crippen molar-refractivity contribution in [2.75, 3.05) is 14.1 Å². The fourth-order valence-electron chi connectivity index (χ4n) is 2.61. The van der Waals surface area contributed by atoms with Crippen LogP contribution in [0.1, 0.15) is 25.5 Å². The molecule has 2 heterocycles. The van der Waals surface area contributed by atoms with Crippen LogP contribution in [-0.4, -0.2) is 25.9 Å². The Morgan fingerprint density at radius 3 is 2.00 bits per heavy atom. The maximum Gasteiger partial charge on any atom is 0.249 e. The third-order valence-electron chi connectivity index (χ3n) is 3.53. The van der Waals surface area contributed by atoms with Crippen molar-refractivity contribution >= 4 is 11.8 Å². The lowest BCUT2D eigenvalue weighted by Crippen LogP contribution is -2.37. The highest BCUT2D eigenvalue weighted by Crippen LogP contribution is 2.38. The van der Waals surface area contributed by atoms with Gasteiger partial charge in [0.25, 0.3) is 0 Å². The molecule has 6 heteroatoms. The molecule has 0 saturated heterocycles. The number of carbonyl (C=O) groups is 2. The quantitative estimate of drug-likeness (QED) is 0.775. The second kappa shape index (κ2) is 5.87. The van der Waals surface area contributed by atoms with Crippen molar-refractivity contribution in [1.29, 1.82) is 0 Å². The van der Waals surface area contributed by atoms with Gasteiger partial charge in [-0.2, -0.15) is 0 Å². The predicted octanol–water partition coefficient (Wildman–Crippen LogP) is 1.01. The van der Waals surface area contributed by atoms with E-state index in [1.807, 2.05) is 13.8 Å². The third-order valence-corrected chi connectivity index (χ3v) is 3.53. The average molecular weight is 289 g/mol. The second-order valence-corrected chi connectivity index (χ2v) is 4.81. The third kappa shape index (κ3) is 2.56. The first kappa shape index (κ1) is 14.9. The topological polar surface area (TPSA) is 83.4 Å². The molecule has 0 aromatic carbocycles. The van der Waals surface area contributed by atoms with E-state index in [-0.39, 0.29) is 11.8 Å². The largest absolute Gasteiger partial charge is 0.468 e. The number of dihydropyridines is 1. The number of allylic oxidation sites excluding steroid dienone is 2. The monoisotopic (exact) mass is 289 g/mol. The summed E-state index contributed by atoms with van der Waals surface area (Å²) in [7, 11) is 3.12. The Labute approximate surface area is 123 Å². The molecule has 0 unspecified atom stereocenters. The summed E-state index contributed by atoms with van der Waals surface area (Å²) >= 11 is 0. The molecule has 21 heavy (non-hydrogen) atoms. The van der Waals surface area contributed by atoms with E-state index in [1.165, 1.54) is 6.26 Å². The highest BCUT2D eigenvalue weighted by Gasteiger charge is 2.37. The van der Waals surface area contributed by atoms with Crippen molar-refractivity contribution in [3.63, 3.8) is 0 Å². The molecule has 0 spiro atoms. The Morgan fingerprint density at radius 2 is 1.62 bits per heavy atom. The Morgan fingerprint density at radius 1 is 1.10 bits per heavy atom. The van der Waals surface area contributed by atoms with Crippen molar-refractivity contribution < 1.29 is 14.0 Å². The van der Waals surface area contributed by atoms with E-state index in [1.54, 1.807) is 26.2 Å². The number of nitrogens with one attached hydrogen (secondary N) is 3. The Hall–Kier alpha value is -2.50. The molecule has 1 aliphatic heterocycles. The summed E-state index contributed by atoms with van der Waals surface area (Å²) in [6, 6.07) is 3.51. The zero-order valence-corrected chi connectivity index (χ0v) is 12.5. The van der Waals surface area contributed by atoms with Crippen LogP contribution in [0.2, 0.25) is 0 Å². The van der Waals surface area contributed by atoms with Crippen LogP contribution in [0, 0.1) is 0 Å². The van der Waals surface area contributed by atoms with E-state index in [0.29, 0.717) is 28.3 Å². The van der Waals surface area contributed by atoms with Gasteiger partial charge < -0.3 is 20.4 Å². The van der Waals surface area contributed by atoms with Gasteiger partial charge in [0.2, 0.25) is 11.8 Å². The van der Waals surface area contributed by atoms with Crippen molar-refractivity contribution in [2.45, 2.75) is 19.8 Å². The Balaban J connectivity index is 2.63. The number of rotatable bonds is 3. The maximum absolute atomic E-state index is 12.2. The maximum atomic E-state index is 12.2.